The SMILES string of the molecule is O=C(CNC(=O)c1ccccc1I)N/N=C/C1=COC2CCCCC2C1=O. The number of ether oxygens (including phenoxy) is 1. The van der Waals surface area contributed by atoms with Gasteiger partial charge in [0, 0.05) is 3.57 Å². The van der Waals surface area contributed by atoms with E-state index >= 15 is 0 Å². The topological polar surface area (TPSA) is 96.9 Å². The van der Waals surface area contributed by atoms with Gasteiger partial charge in [-0.25, -0.2) is 5.43 Å². The van der Waals surface area contributed by atoms with Crippen LogP contribution in [0.25, 0.3) is 0 Å². The van der Waals surface area contributed by atoms with E-state index in [0.29, 0.717) is 11.1 Å². The number of amides is 2. The van der Waals surface area contributed by atoms with Gasteiger partial charge in [-0.05, 0) is 54.0 Å². The lowest BCUT2D eigenvalue weighted by atomic mass is 9.80. The molecule has 0 spiro atoms. The van der Waals surface area contributed by atoms with Crippen molar-refractivity contribution in [2.45, 2.75) is 31.8 Å². The molecule has 1 fully saturated rings. The fraction of sp³-hybridized carbons (Fsp3) is 0.368. The van der Waals surface area contributed by atoms with Crippen molar-refractivity contribution in [1.82, 2.24) is 10.7 Å². The maximum Gasteiger partial charge on any atom is 0.259 e. The first-order valence-corrected chi connectivity index (χ1v) is 9.88. The zero-order valence-corrected chi connectivity index (χ0v) is 16.8. The Hall–Kier alpha value is -2.23. The number of Topliss-reactive ketones (excluding diaryl/α,β-unsaturated/α-hetero) is 1. The second-order valence-electron chi connectivity index (χ2n) is 6.46. The van der Waals surface area contributed by atoms with E-state index in [1.54, 1.807) is 12.1 Å². The molecular formula is C19H20IN3O4. The molecule has 0 radical (unpaired) electrons. The predicted molar refractivity (Wildman–Crippen MR) is 108 cm³/mol. The molecule has 27 heavy (non-hydrogen) atoms. The Morgan fingerprint density at radius 1 is 1.26 bits per heavy atom. The Balaban J connectivity index is 1.47. The smallest absolute Gasteiger partial charge is 0.259 e. The molecule has 0 aromatic heterocycles. The summed E-state index contributed by atoms with van der Waals surface area (Å²) < 4.78 is 6.42. The molecule has 3 rings (SSSR count). The summed E-state index contributed by atoms with van der Waals surface area (Å²) in [5.41, 5.74) is 3.16. The highest BCUT2D eigenvalue weighted by atomic mass is 127. The Morgan fingerprint density at radius 2 is 2.04 bits per heavy atom. The monoisotopic (exact) mass is 481 g/mol. The number of fused-ring (bicyclic) bond motifs is 1. The van der Waals surface area contributed by atoms with Crippen molar-refractivity contribution < 1.29 is 19.1 Å². The number of nitrogens with zero attached hydrogens (tertiary/aromatic N) is 1. The molecule has 0 bridgehead atoms. The summed E-state index contributed by atoms with van der Waals surface area (Å²) in [6.45, 7) is -0.213. The minimum atomic E-state index is -0.481. The summed E-state index contributed by atoms with van der Waals surface area (Å²) >= 11 is 2.06. The molecule has 1 aromatic rings. The zero-order chi connectivity index (χ0) is 19.2. The quantitative estimate of drug-likeness (QED) is 0.383. The third kappa shape index (κ3) is 4.94. The Kier molecular flexibility index (Phi) is 6.59. The molecule has 8 heteroatoms. The van der Waals surface area contributed by atoms with Crippen LogP contribution in [0, 0.1) is 9.49 Å². The van der Waals surface area contributed by atoms with Crippen LogP contribution in [0.2, 0.25) is 0 Å². The predicted octanol–water partition coefficient (Wildman–Crippen LogP) is 2.17. The van der Waals surface area contributed by atoms with Crippen LogP contribution in [0.1, 0.15) is 36.0 Å². The molecule has 1 saturated carbocycles. The van der Waals surface area contributed by atoms with Crippen molar-refractivity contribution in [1.29, 1.82) is 0 Å². The van der Waals surface area contributed by atoms with E-state index in [2.05, 4.69) is 38.4 Å². The van der Waals surface area contributed by atoms with Gasteiger partial charge in [0.15, 0.2) is 5.78 Å². The number of hydrogen-bond donors (Lipinski definition) is 2. The Bertz CT molecular complexity index is 806. The number of carbonyl (C=O) groups excluding carboxylic acids is 3. The fourth-order valence-corrected chi connectivity index (χ4v) is 3.83. The van der Waals surface area contributed by atoms with Gasteiger partial charge in [-0.1, -0.05) is 18.6 Å². The maximum absolute atomic E-state index is 12.4. The molecule has 2 unspecified atom stereocenters. The third-order valence-electron chi connectivity index (χ3n) is 4.61. The highest BCUT2D eigenvalue weighted by molar-refractivity contribution is 14.1. The van der Waals surface area contributed by atoms with Gasteiger partial charge in [-0.3, -0.25) is 14.4 Å². The first-order valence-electron chi connectivity index (χ1n) is 8.80. The van der Waals surface area contributed by atoms with E-state index in [1.807, 2.05) is 12.1 Å². The Morgan fingerprint density at radius 3 is 2.85 bits per heavy atom. The fourth-order valence-electron chi connectivity index (χ4n) is 3.20. The lowest BCUT2D eigenvalue weighted by Crippen LogP contribution is -2.37. The summed E-state index contributed by atoms with van der Waals surface area (Å²) in [5, 5.41) is 6.34. The summed E-state index contributed by atoms with van der Waals surface area (Å²) in [4.78, 5) is 36.3. The number of benzene rings is 1. The van der Waals surface area contributed by atoms with Crippen LogP contribution < -0.4 is 10.7 Å². The minimum absolute atomic E-state index is 0.0101. The molecule has 1 aromatic carbocycles. The van der Waals surface area contributed by atoms with E-state index in [9.17, 15) is 14.4 Å². The second kappa shape index (κ2) is 9.12. The van der Waals surface area contributed by atoms with Crippen molar-refractivity contribution in [3.05, 3.63) is 45.2 Å². The minimum Gasteiger partial charge on any atom is -0.496 e. The number of ketones is 1. The summed E-state index contributed by atoms with van der Waals surface area (Å²) in [6, 6.07) is 7.09. The number of allylic oxidation sites excluding steroid dienone is 1. The van der Waals surface area contributed by atoms with E-state index in [-0.39, 0.29) is 30.3 Å². The summed E-state index contributed by atoms with van der Waals surface area (Å²) in [6.07, 6.45) is 6.51. The lowest BCUT2D eigenvalue weighted by Gasteiger charge is -2.33. The van der Waals surface area contributed by atoms with Gasteiger partial charge in [0.05, 0.1) is 36.1 Å². The molecule has 142 valence electrons. The Labute approximate surface area is 170 Å². The van der Waals surface area contributed by atoms with Gasteiger partial charge in [-0.2, -0.15) is 5.10 Å². The molecule has 1 aliphatic carbocycles. The van der Waals surface area contributed by atoms with Gasteiger partial charge in [0.25, 0.3) is 11.8 Å². The maximum atomic E-state index is 12.4. The van der Waals surface area contributed by atoms with Crippen LogP contribution in [0.4, 0.5) is 0 Å². The van der Waals surface area contributed by atoms with Crippen LogP contribution in [-0.4, -0.2) is 36.5 Å². The zero-order valence-electron chi connectivity index (χ0n) is 14.6. The van der Waals surface area contributed by atoms with Gasteiger partial charge in [0.2, 0.25) is 0 Å². The highest BCUT2D eigenvalue weighted by Crippen LogP contribution is 2.32. The number of hydrazone groups is 1. The van der Waals surface area contributed by atoms with Gasteiger partial charge in [-0.15, -0.1) is 0 Å². The molecule has 2 atom stereocenters. The van der Waals surface area contributed by atoms with Crippen LogP contribution >= 0.6 is 22.6 Å². The lowest BCUT2D eigenvalue weighted by molar-refractivity contribution is -0.126. The number of nitrogens with one attached hydrogen (secondary N) is 2. The molecule has 1 heterocycles. The molecular weight excluding hydrogens is 461 g/mol. The van der Waals surface area contributed by atoms with E-state index in [1.165, 1.54) is 12.5 Å². The molecule has 2 amide bonds. The number of halogens is 1. The second-order valence-corrected chi connectivity index (χ2v) is 7.62. The average Bonchev–Trinajstić information content (AvgIpc) is 2.68. The van der Waals surface area contributed by atoms with Crippen LogP contribution in [0.3, 0.4) is 0 Å². The standard InChI is InChI=1S/C19H20IN3O4/c20-15-7-3-1-5-13(15)19(26)21-10-17(24)23-22-9-12-11-27-16-8-4-2-6-14(16)18(12)25/h1,3,5,7,9,11,14,16H,2,4,6,8,10H2,(H,21,26)(H,23,24)/b22-9+. The molecule has 7 nitrogen and oxygen atoms in total. The van der Waals surface area contributed by atoms with Crippen LogP contribution in [0.15, 0.2) is 41.2 Å². The van der Waals surface area contributed by atoms with Crippen molar-refractivity contribution in [2.75, 3.05) is 6.54 Å². The normalized spacial score (nSPS) is 21.8. The molecule has 0 saturated heterocycles. The molecule has 1 aliphatic heterocycles. The van der Waals surface area contributed by atoms with Crippen molar-refractivity contribution in [3.63, 3.8) is 0 Å². The number of rotatable bonds is 5. The van der Waals surface area contributed by atoms with Crippen LogP contribution in [0.5, 0.6) is 0 Å². The van der Waals surface area contributed by atoms with E-state index < -0.39 is 5.91 Å². The van der Waals surface area contributed by atoms with Gasteiger partial charge < -0.3 is 10.1 Å². The van der Waals surface area contributed by atoms with E-state index in [4.69, 9.17) is 4.74 Å². The van der Waals surface area contributed by atoms with Gasteiger partial charge in [0.1, 0.15) is 6.10 Å². The highest BCUT2D eigenvalue weighted by Gasteiger charge is 2.36. The number of carbonyl (C=O) groups is 3. The first kappa shape index (κ1) is 19.5. The van der Waals surface area contributed by atoms with Crippen molar-refractivity contribution >= 4 is 46.4 Å². The number of hydrogen-bond acceptors (Lipinski definition) is 5. The summed E-state index contributed by atoms with van der Waals surface area (Å²) in [7, 11) is 0. The third-order valence-corrected chi connectivity index (χ3v) is 5.56. The van der Waals surface area contributed by atoms with E-state index in [0.717, 1.165) is 29.3 Å². The van der Waals surface area contributed by atoms with Gasteiger partial charge >= 0.3 is 0 Å². The largest absolute Gasteiger partial charge is 0.496 e. The molecule has 2 N–H and O–H groups in total. The van der Waals surface area contributed by atoms with Crippen molar-refractivity contribution in [2.24, 2.45) is 11.0 Å². The first-order chi connectivity index (χ1) is 13.1. The molecule has 2 aliphatic rings. The summed E-state index contributed by atoms with van der Waals surface area (Å²) in [5.74, 6) is -0.920. The van der Waals surface area contributed by atoms with Crippen LogP contribution in [-0.2, 0) is 14.3 Å². The average molecular weight is 481 g/mol. The van der Waals surface area contributed by atoms with Crippen molar-refractivity contribution in [3.8, 4) is 0 Å².